The van der Waals surface area contributed by atoms with Crippen molar-refractivity contribution in [1.82, 2.24) is 4.90 Å². The van der Waals surface area contributed by atoms with E-state index >= 15 is 0 Å². The summed E-state index contributed by atoms with van der Waals surface area (Å²) in [7, 11) is 0. The van der Waals surface area contributed by atoms with E-state index in [9.17, 15) is 4.79 Å². The number of nitrogens with zero attached hydrogens (tertiary/aromatic N) is 1. The van der Waals surface area contributed by atoms with Crippen LogP contribution in [0.5, 0.6) is 0 Å². The van der Waals surface area contributed by atoms with E-state index in [2.05, 4.69) is 18.2 Å². The number of fused-ring (bicyclic) bond motifs is 1. The average Bonchev–Trinajstić information content (AvgIpc) is 2.48. The zero-order valence-electron chi connectivity index (χ0n) is 12.6. The lowest BCUT2D eigenvalue weighted by Gasteiger charge is -2.42. The van der Waals surface area contributed by atoms with Gasteiger partial charge in [0.2, 0.25) is 5.91 Å². The molecule has 0 aromatic heterocycles. The third-order valence-electron chi connectivity index (χ3n) is 4.77. The second kappa shape index (κ2) is 6.16. The first kappa shape index (κ1) is 14.5. The second-order valence-electron chi connectivity index (χ2n) is 5.98. The van der Waals surface area contributed by atoms with Crippen LogP contribution in [-0.4, -0.2) is 36.6 Å². The number of benzene rings is 1. The third kappa shape index (κ3) is 2.70. The molecule has 2 aliphatic rings. The first-order valence-corrected chi connectivity index (χ1v) is 7.94. The summed E-state index contributed by atoms with van der Waals surface area (Å²) in [6, 6.07) is 8.38. The molecule has 1 aromatic carbocycles. The van der Waals surface area contributed by atoms with Crippen LogP contribution in [0, 0.1) is 5.92 Å². The van der Waals surface area contributed by atoms with Crippen molar-refractivity contribution in [2.75, 3.05) is 19.7 Å². The van der Waals surface area contributed by atoms with Crippen LogP contribution in [0.2, 0.25) is 0 Å². The van der Waals surface area contributed by atoms with Crippen molar-refractivity contribution in [3.8, 4) is 0 Å². The molecule has 114 valence electrons. The Morgan fingerprint density at radius 2 is 2.14 bits per heavy atom. The van der Waals surface area contributed by atoms with E-state index in [-0.39, 0.29) is 24.0 Å². The molecule has 4 heteroatoms. The van der Waals surface area contributed by atoms with Crippen molar-refractivity contribution >= 4 is 5.91 Å². The fourth-order valence-corrected chi connectivity index (χ4v) is 3.54. The summed E-state index contributed by atoms with van der Waals surface area (Å²) in [5.41, 5.74) is 8.52. The minimum Gasteiger partial charge on any atom is -0.378 e. The maximum Gasteiger partial charge on any atom is 0.226 e. The van der Waals surface area contributed by atoms with Crippen LogP contribution in [0.4, 0.5) is 0 Å². The molecule has 4 nitrogen and oxygen atoms in total. The normalized spacial score (nSPS) is 27.9. The van der Waals surface area contributed by atoms with Crippen LogP contribution in [0.1, 0.15) is 36.9 Å². The first-order chi connectivity index (χ1) is 10.2. The molecule has 1 aromatic rings. The highest BCUT2D eigenvalue weighted by Crippen LogP contribution is 2.36. The Morgan fingerprint density at radius 3 is 2.86 bits per heavy atom. The quantitative estimate of drug-likeness (QED) is 0.920. The van der Waals surface area contributed by atoms with Crippen LogP contribution >= 0.6 is 0 Å². The summed E-state index contributed by atoms with van der Waals surface area (Å²) in [6.07, 6.45) is 2.93. The monoisotopic (exact) mass is 288 g/mol. The van der Waals surface area contributed by atoms with Gasteiger partial charge in [0, 0.05) is 25.6 Å². The van der Waals surface area contributed by atoms with E-state index in [1.54, 1.807) is 0 Å². The summed E-state index contributed by atoms with van der Waals surface area (Å²) >= 11 is 0. The molecule has 0 spiro atoms. The van der Waals surface area contributed by atoms with Crippen molar-refractivity contribution in [3.63, 3.8) is 0 Å². The molecule has 2 N–H and O–H groups in total. The number of nitrogens with two attached hydrogens (primary N) is 1. The number of hydrogen-bond acceptors (Lipinski definition) is 3. The molecule has 1 aliphatic heterocycles. The Morgan fingerprint density at radius 1 is 1.38 bits per heavy atom. The molecule has 1 saturated carbocycles. The van der Waals surface area contributed by atoms with Gasteiger partial charge in [-0.05, 0) is 37.3 Å². The summed E-state index contributed by atoms with van der Waals surface area (Å²) in [5.74, 6) is 0.386. The highest BCUT2D eigenvalue weighted by atomic mass is 16.5. The van der Waals surface area contributed by atoms with Crippen LogP contribution in [-0.2, 0) is 16.0 Å². The van der Waals surface area contributed by atoms with Crippen molar-refractivity contribution in [3.05, 3.63) is 35.4 Å². The van der Waals surface area contributed by atoms with Crippen LogP contribution in [0.3, 0.4) is 0 Å². The van der Waals surface area contributed by atoms with Crippen LogP contribution in [0.15, 0.2) is 24.3 Å². The molecule has 1 unspecified atom stereocenters. The molecular formula is C17H24N2O2. The van der Waals surface area contributed by atoms with Gasteiger partial charge in [0.25, 0.3) is 0 Å². The van der Waals surface area contributed by atoms with E-state index in [4.69, 9.17) is 10.5 Å². The maximum absolute atomic E-state index is 12.7. The average molecular weight is 288 g/mol. The van der Waals surface area contributed by atoms with Crippen LogP contribution in [0.25, 0.3) is 0 Å². The molecule has 1 fully saturated rings. The molecule has 21 heavy (non-hydrogen) atoms. The van der Waals surface area contributed by atoms with Crippen molar-refractivity contribution < 1.29 is 9.53 Å². The number of amides is 1. The van der Waals surface area contributed by atoms with Gasteiger partial charge in [0.15, 0.2) is 0 Å². The highest BCUT2D eigenvalue weighted by molar-refractivity contribution is 5.80. The minimum atomic E-state index is 0.0357. The molecule has 1 amide bonds. The highest BCUT2D eigenvalue weighted by Gasteiger charge is 2.40. The summed E-state index contributed by atoms with van der Waals surface area (Å²) in [6.45, 7) is 4.01. The first-order valence-electron chi connectivity index (χ1n) is 7.94. The Hall–Kier alpha value is -1.39. The minimum absolute atomic E-state index is 0.0357. The Balaban J connectivity index is 1.70. The molecule has 0 saturated heterocycles. The summed E-state index contributed by atoms with van der Waals surface area (Å²) < 4.78 is 5.56. The zero-order valence-corrected chi connectivity index (χ0v) is 12.6. The largest absolute Gasteiger partial charge is 0.378 e. The Labute approximate surface area is 126 Å². The van der Waals surface area contributed by atoms with Gasteiger partial charge in [0.1, 0.15) is 0 Å². The predicted octanol–water partition coefficient (Wildman–Crippen LogP) is 1.89. The number of ether oxygens (including phenoxy) is 1. The Bertz CT molecular complexity index is 511. The number of rotatable bonds is 4. The molecule has 1 atom stereocenters. The Kier molecular flexibility index (Phi) is 4.27. The smallest absolute Gasteiger partial charge is 0.226 e. The van der Waals surface area contributed by atoms with Gasteiger partial charge in [-0.2, -0.15) is 0 Å². The number of carbonyl (C=O) groups excluding carboxylic acids is 1. The lowest BCUT2D eigenvalue weighted by Crippen LogP contribution is -2.49. The van der Waals surface area contributed by atoms with E-state index < -0.39 is 0 Å². The SMILES string of the molecule is CCOC1CC(C(=O)N2CCc3ccccc3C2CN)C1. The van der Waals surface area contributed by atoms with Gasteiger partial charge in [-0.3, -0.25) is 4.79 Å². The molecule has 3 rings (SSSR count). The van der Waals surface area contributed by atoms with Gasteiger partial charge in [-0.15, -0.1) is 0 Å². The van der Waals surface area contributed by atoms with Crippen LogP contribution < -0.4 is 5.73 Å². The van der Waals surface area contributed by atoms with Gasteiger partial charge < -0.3 is 15.4 Å². The molecular weight excluding hydrogens is 264 g/mol. The molecule has 1 heterocycles. The topological polar surface area (TPSA) is 55.6 Å². The standard InChI is InChI=1S/C17H24N2O2/c1-2-21-14-9-13(10-14)17(20)19-8-7-12-5-3-4-6-15(12)16(19)11-18/h3-6,13-14,16H,2,7-11,18H2,1H3. The van der Waals surface area contributed by atoms with Gasteiger partial charge in [0.05, 0.1) is 12.1 Å². The van der Waals surface area contributed by atoms with Crippen molar-refractivity contribution in [2.24, 2.45) is 11.7 Å². The predicted molar refractivity (Wildman–Crippen MR) is 81.8 cm³/mol. The van der Waals surface area contributed by atoms with Gasteiger partial charge in [-0.1, -0.05) is 24.3 Å². The van der Waals surface area contributed by atoms with E-state index in [1.165, 1.54) is 11.1 Å². The zero-order chi connectivity index (χ0) is 14.8. The van der Waals surface area contributed by atoms with E-state index in [0.29, 0.717) is 6.54 Å². The van der Waals surface area contributed by atoms with E-state index in [0.717, 1.165) is 32.4 Å². The maximum atomic E-state index is 12.7. The summed E-state index contributed by atoms with van der Waals surface area (Å²) in [4.78, 5) is 14.7. The second-order valence-corrected chi connectivity index (χ2v) is 5.98. The molecule has 0 radical (unpaired) electrons. The third-order valence-corrected chi connectivity index (χ3v) is 4.77. The van der Waals surface area contributed by atoms with Crippen molar-refractivity contribution in [2.45, 2.75) is 38.3 Å². The van der Waals surface area contributed by atoms with E-state index in [1.807, 2.05) is 17.9 Å². The fraction of sp³-hybridized carbons (Fsp3) is 0.588. The molecule has 0 bridgehead atoms. The number of carbonyl (C=O) groups is 1. The summed E-state index contributed by atoms with van der Waals surface area (Å²) in [5, 5.41) is 0. The lowest BCUT2D eigenvalue weighted by molar-refractivity contribution is -0.147. The number of hydrogen-bond donors (Lipinski definition) is 1. The molecule has 1 aliphatic carbocycles. The lowest BCUT2D eigenvalue weighted by atomic mass is 9.80. The van der Waals surface area contributed by atoms with Gasteiger partial charge in [-0.25, -0.2) is 0 Å². The fourth-order valence-electron chi connectivity index (χ4n) is 3.54. The van der Waals surface area contributed by atoms with Crippen molar-refractivity contribution in [1.29, 1.82) is 0 Å². The van der Waals surface area contributed by atoms with Gasteiger partial charge >= 0.3 is 0 Å².